The highest BCUT2D eigenvalue weighted by atomic mass is 35.5. The van der Waals surface area contributed by atoms with Crippen molar-refractivity contribution in [2.75, 3.05) is 31.5 Å². The topological polar surface area (TPSA) is 61.4 Å². The molecule has 174 valence electrons. The molecule has 0 bridgehead atoms. The van der Waals surface area contributed by atoms with Gasteiger partial charge in [-0.2, -0.15) is 0 Å². The van der Waals surface area contributed by atoms with E-state index in [0.29, 0.717) is 27.7 Å². The highest BCUT2D eigenvalue weighted by Gasteiger charge is 2.23. The number of piperidine rings is 1. The fraction of sp³-hybridized carbons (Fsp3) is 0.385. The van der Waals surface area contributed by atoms with Crippen LogP contribution in [0.4, 0.5) is 5.69 Å². The van der Waals surface area contributed by atoms with Gasteiger partial charge in [0.05, 0.1) is 10.6 Å². The third-order valence-corrected chi connectivity index (χ3v) is 7.30. The van der Waals surface area contributed by atoms with Crippen LogP contribution in [0.1, 0.15) is 42.6 Å². The highest BCUT2D eigenvalue weighted by Crippen LogP contribution is 2.39. The van der Waals surface area contributed by atoms with E-state index >= 15 is 0 Å². The number of halogens is 1. The van der Waals surface area contributed by atoms with Crippen LogP contribution in [-0.2, 0) is 4.79 Å². The first-order chi connectivity index (χ1) is 15.9. The predicted octanol–water partition coefficient (Wildman–Crippen LogP) is 5.52. The Kier molecular flexibility index (Phi) is 7.78. The molecule has 2 atom stereocenters. The molecular formula is C26H30ClN3O2S. The number of likely N-dealkylation sites (tertiary alicyclic amines) is 1. The molecule has 0 saturated carbocycles. The average molecular weight is 484 g/mol. The van der Waals surface area contributed by atoms with Gasteiger partial charge in [-0.05, 0) is 73.2 Å². The van der Waals surface area contributed by atoms with Gasteiger partial charge in [0.15, 0.2) is 0 Å². The molecule has 7 heteroatoms. The Morgan fingerprint density at radius 3 is 2.76 bits per heavy atom. The lowest BCUT2D eigenvalue weighted by Crippen LogP contribution is -2.40. The molecule has 0 radical (unpaired) electrons. The predicted molar refractivity (Wildman–Crippen MR) is 137 cm³/mol. The van der Waals surface area contributed by atoms with Crippen LogP contribution < -0.4 is 10.6 Å². The molecule has 2 unspecified atom stereocenters. The quantitative estimate of drug-likeness (QED) is 0.419. The Morgan fingerprint density at radius 1 is 1.21 bits per heavy atom. The minimum atomic E-state index is -0.185. The third kappa shape index (κ3) is 6.40. The van der Waals surface area contributed by atoms with Gasteiger partial charge in [-0.3, -0.25) is 9.59 Å². The normalized spacial score (nSPS) is 22.0. The molecule has 2 aromatic carbocycles. The number of thioether (sulfide) groups is 1. The molecule has 2 amide bonds. The van der Waals surface area contributed by atoms with Crippen molar-refractivity contribution in [2.24, 2.45) is 11.8 Å². The maximum Gasteiger partial charge on any atom is 0.262 e. The molecule has 1 fully saturated rings. The molecular weight excluding hydrogens is 454 g/mol. The summed E-state index contributed by atoms with van der Waals surface area (Å²) in [7, 11) is 0. The molecule has 33 heavy (non-hydrogen) atoms. The lowest BCUT2D eigenvalue weighted by molar-refractivity contribution is -0.112. The zero-order valence-electron chi connectivity index (χ0n) is 19.1. The van der Waals surface area contributed by atoms with Crippen LogP contribution in [0, 0.1) is 11.8 Å². The number of fused-ring (bicyclic) bond motifs is 1. The van der Waals surface area contributed by atoms with Crippen molar-refractivity contribution in [3.63, 3.8) is 0 Å². The van der Waals surface area contributed by atoms with Crippen molar-refractivity contribution in [1.29, 1.82) is 0 Å². The molecule has 4 rings (SSSR count). The average Bonchev–Trinajstić information content (AvgIpc) is 2.76. The summed E-state index contributed by atoms with van der Waals surface area (Å²) in [5, 5.41) is 6.55. The van der Waals surface area contributed by atoms with Gasteiger partial charge < -0.3 is 15.5 Å². The van der Waals surface area contributed by atoms with Gasteiger partial charge in [0.1, 0.15) is 0 Å². The number of nitrogens with zero attached hydrogens (tertiary/aromatic N) is 1. The Hall–Kier alpha value is -2.28. The third-order valence-electron chi connectivity index (χ3n) is 5.96. The number of nitrogens with one attached hydrogen (secondary N) is 2. The maximum atomic E-state index is 12.6. The lowest BCUT2D eigenvalue weighted by atomic mass is 9.92. The largest absolute Gasteiger partial charge is 0.352 e. The summed E-state index contributed by atoms with van der Waals surface area (Å²) in [5.74, 6) is 1.19. The lowest BCUT2D eigenvalue weighted by Gasteiger charge is -2.34. The molecule has 2 heterocycles. The van der Waals surface area contributed by atoms with Gasteiger partial charge in [0.2, 0.25) is 0 Å². The van der Waals surface area contributed by atoms with E-state index < -0.39 is 0 Å². The number of carbonyl (C=O) groups is 2. The minimum absolute atomic E-state index is 0.113. The Balaban J connectivity index is 1.32. The summed E-state index contributed by atoms with van der Waals surface area (Å²) in [6.45, 7) is 8.57. The summed E-state index contributed by atoms with van der Waals surface area (Å²) in [4.78, 5) is 29.2. The second-order valence-electron chi connectivity index (χ2n) is 9.15. The molecule has 0 spiro atoms. The minimum Gasteiger partial charge on any atom is -0.352 e. The van der Waals surface area contributed by atoms with Crippen molar-refractivity contribution in [3.8, 4) is 0 Å². The van der Waals surface area contributed by atoms with Crippen LogP contribution in [-0.4, -0.2) is 42.9 Å². The van der Waals surface area contributed by atoms with Crippen molar-refractivity contribution >= 4 is 46.9 Å². The van der Waals surface area contributed by atoms with E-state index in [-0.39, 0.29) is 11.8 Å². The fourth-order valence-corrected chi connectivity index (χ4v) is 5.76. The van der Waals surface area contributed by atoms with Gasteiger partial charge in [0, 0.05) is 35.1 Å². The first kappa shape index (κ1) is 23.9. The van der Waals surface area contributed by atoms with E-state index in [2.05, 4.69) is 29.4 Å². The summed E-state index contributed by atoms with van der Waals surface area (Å²) >= 11 is 7.44. The van der Waals surface area contributed by atoms with E-state index in [9.17, 15) is 9.59 Å². The van der Waals surface area contributed by atoms with E-state index in [4.69, 9.17) is 11.6 Å². The number of carbonyl (C=O) groups excluding carboxylic acids is 2. The van der Waals surface area contributed by atoms with Gasteiger partial charge in [-0.1, -0.05) is 49.3 Å². The molecule has 2 aromatic rings. The first-order valence-electron chi connectivity index (χ1n) is 11.5. The number of anilines is 1. The number of amides is 2. The van der Waals surface area contributed by atoms with Crippen LogP contribution in [0.5, 0.6) is 0 Å². The molecule has 0 aliphatic carbocycles. The van der Waals surface area contributed by atoms with Crippen molar-refractivity contribution in [3.05, 3.63) is 63.5 Å². The highest BCUT2D eigenvalue weighted by molar-refractivity contribution is 8.04. The second kappa shape index (κ2) is 10.8. The standard InChI is InChI=1S/C26H30ClN3O2S/c1-17-11-18(2)16-30(15-17)10-4-9-28-25(31)20-7-8-23-22(14-20)29-26(32)24(33-23)13-19-5-3-6-21(27)12-19/h3,5-8,12-14,17-18H,4,9-11,15-16H2,1-2H3,(H,28,31)(H,29,32). The van der Waals surface area contributed by atoms with Crippen molar-refractivity contribution in [2.45, 2.75) is 31.6 Å². The van der Waals surface area contributed by atoms with Gasteiger partial charge in [-0.25, -0.2) is 0 Å². The van der Waals surface area contributed by atoms with Crippen LogP contribution in [0.15, 0.2) is 52.3 Å². The van der Waals surface area contributed by atoms with Crippen LogP contribution in [0.2, 0.25) is 5.02 Å². The summed E-state index contributed by atoms with van der Waals surface area (Å²) < 4.78 is 0. The number of rotatable bonds is 6. The summed E-state index contributed by atoms with van der Waals surface area (Å²) in [6.07, 6.45) is 4.05. The summed E-state index contributed by atoms with van der Waals surface area (Å²) in [5.41, 5.74) is 2.09. The number of hydrogen-bond acceptors (Lipinski definition) is 4. The van der Waals surface area contributed by atoms with Crippen LogP contribution in [0.3, 0.4) is 0 Å². The molecule has 2 aliphatic heterocycles. The van der Waals surface area contributed by atoms with E-state index in [1.807, 2.05) is 36.4 Å². The Bertz CT molecular complexity index is 1060. The van der Waals surface area contributed by atoms with Crippen LogP contribution >= 0.6 is 23.4 Å². The van der Waals surface area contributed by atoms with Crippen molar-refractivity contribution < 1.29 is 9.59 Å². The van der Waals surface area contributed by atoms with E-state index in [0.717, 1.165) is 48.3 Å². The van der Waals surface area contributed by atoms with Gasteiger partial charge >= 0.3 is 0 Å². The fourth-order valence-electron chi connectivity index (χ4n) is 4.63. The van der Waals surface area contributed by atoms with Gasteiger partial charge in [0.25, 0.3) is 11.8 Å². The smallest absolute Gasteiger partial charge is 0.262 e. The van der Waals surface area contributed by atoms with E-state index in [1.54, 1.807) is 12.1 Å². The van der Waals surface area contributed by atoms with Crippen LogP contribution in [0.25, 0.3) is 6.08 Å². The van der Waals surface area contributed by atoms with Crippen molar-refractivity contribution in [1.82, 2.24) is 10.2 Å². The molecule has 2 aliphatic rings. The number of hydrogen-bond donors (Lipinski definition) is 2. The van der Waals surface area contributed by atoms with Gasteiger partial charge in [-0.15, -0.1) is 0 Å². The Morgan fingerprint density at radius 2 is 2.00 bits per heavy atom. The maximum absolute atomic E-state index is 12.6. The van der Waals surface area contributed by atoms with E-state index in [1.165, 1.54) is 18.2 Å². The summed E-state index contributed by atoms with van der Waals surface area (Å²) in [6, 6.07) is 12.8. The zero-order chi connectivity index (χ0) is 23.4. The molecule has 5 nitrogen and oxygen atoms in total. The molecule has 1 saturated heterocycles. The Labute approximate surface area is 205 Å². The second-order valence-corrected chi connectivity index (χ2v) is 10.7. The molecule has 0 aromatic heterocycles. The first-order valence-corrected chi connectivity index (χ1v) is 12.7. The molecule has 2 N–H and O–H groups in total. The zero-order valence-corrected chi connectivity index (χ0v) is 20.6. The number of benzene rings is 2. The monoisotopic (exact) mass is 483 g/mol. The SMILES string of the molecule is CC1CC(C)CN(CCCNC(=O)c2ccc3c(c2)NC(=O)C(=Cc2cccc(Cl)c2)S3)C1.